The van der Waals surface area contributed by atoms with E-state index in [0.717, 1.165) is 54.7 Å². The number of ether oxygens (including phenoxy) is 1. The van der Waals surface area contributed by atoms with Crippen LogP contribution < -0.4 is 4.74 Å². The molecule has 0 bridgehead atoms. The number of thiazole rings is 1. The molecule has 0 aliphatic carbocycles. The second kappa shape index (κ2) is 9.20. The number of piperazine rings is 1. The lowest BCUT2D eigenvalue weighted by molar-refractivity contribution is 0.0611. The molecule has 1 fully saturated rings. The molecule has 0 N–H and O–H groups in total. The number of benzene rings is 1. The number of halogens is 1. The Morgan fingerprint density at radius 2 is 1.93 bits per heavy atom. The van der Waals surface area contributed by atoms with E-state index in [4.69, 9.17) is 16.3 Å². The molecule has 1 aliphatic heterocycles. The minimum Gasteiger partial charge on any atom is -0.492 e. The third-order valence-electron chi connectivity index (χ3n) is 5.29. The number of aryl methyl sites for hydroxylation is 2. The fourth-order valence-electron chi connectivity index (χ4n) is 3.57. The molecule has 1 aliphatic rings. The molecule has 1 amide bonds. The average molecular weight is 445 g/mol. The number of nitrogens with zero attached hydrogens (tertiary/aromatic N) is 4. The summed E-state index contributed by atoms with van der Waals surface area (Å²) in [6, 6.07) is 9.35. The maximum absolute atomic E-state index is 13.0. The van der Waals surface area contributed by atoms with E-state index in [-0.39, 0.29) is 5.91 Å². The van der Waals surface area contributed by atoms with Crippen LogP contribution >= 0.6 is 22.9 Å². The molecule has 1 saturated heterocycles. The Bertz CT molecular complexity index is 1010. The van der Waals surface area contributed by atoms with Crippen LogP contribution in [0.3, 0.4) is 0 Å². The highest BCUT2D eigenvalue weighted by molar-refractivity contribution is 7.09. The van der Waals surface area contributed by atoms with Gasteiger partial charge in [-0.15, -0.1) is 11.3 Å². The van der Waals surface area contributed by atoms with Gasteiger partial charge in [0.25, 0.3) is 5.91 Å². The summed E-state index contributed by atoms with van der Waals surface area (Å²) >= 11 is 7.51. The van der Waals surface area contributed by atoms with Gasteiger partial charge in [-0.2, -0.15) is 0 Å². The van der Waals surface area contributed by atoms with Crippen LogP contribution in [0.15, 0.2) is 41.9 Å². The Labute approximate surface area is 185 Å². The molecular formula is C22H25ClN4O2S. The number of hydrogen-bond donors (Lipinski definition) is 0. The van der Waals surface area contributed by atoms with Gasteiger partial charge in [0, 0.05) is 61.9 Å². The molecule has 30 heavy (non-hydrogen) atoms. The Balaban J connectivity index is 1.28. The fourth-order valence-corrected chi connectivity index (χ4v) is 4.32. The summed E-state index contributed by atoms with van der Waals surface area (Å²) in [7, 11) is 1.92. The van der Waals surface area contributed by atoms with Crippen LogP contribution in [0, 0.1) is 6.92 Å². The zero-order chi connectivity index (χ0) is 21.1. The van der Waals surface area contributed by atoms with Gasteiger partial charge in [0.15, 0.2) is 0 Å². The average Bonchev–Trinajstić information content (AvgIpc) is 3.35. The van der Waals surface area contributed by atoms with Gasteiger partial charge in [-0.25, -0.2) is 4.98 Å². The molecule has 158 valence electrons. The summed E-state index contributed by atoms with van der Waals surface area (Å²) in [5, 5.41) is 3.76. The van der Waals surface area contributed by atoms with Gasteiger partial charge in [0.05, 0.1) is 10.7 Å². The molecule has 0 saturated carbocycles. The molecule has 1 aromatic carbocycles. The highest BCUT2D eigenvalue weighted by atomic mass is 35.5. The number of rotatable bonds is 6. The van der Waals surface area contributed by atoms with E-state index in [0.29, 0.717) is 17.3 Å². The third-order valence-corrected chi connectivity index (χ3v) is 6.31. The lowest BCUT2D eigenvalue weighted by atomic mass is 10.2. The Morgan fingerprint density at radius 3 is 2.60 bits per heavy atom. The zero-order valence-corrected chi connectivity index (χ0v) is 18.7. The molecule has 0 atom stereocenters. The summed E-state index contributed by atoms with van der Waals surface area (Å²) in [6.07, 6.45) is 1.98. The van der Waals surface area contributed by atoms with E-state index >= 15 is 0 Å². The van der Waals surface area contributed by atoms with Crippen molar-refractivity contribution in [1.82, 2.24) is 19.4 Å². The lowest BCUT2D eigenvalue weighted by Gasteiger charge is -2.34. The Kier molecular flexibility index (Phi) is 6.41. The van der Waals surface area contributed by atoms with Gasteiger partial charge in [0.1, 0.15) is 18.1 Å². The summed E-state index contributed by atoms with van der Waals surface area (Å²) in [5.74, 6) is 0.899. The second-order valence-electron chi connectivity index (χ2n) is 7.41. The predicted molar refractivity (Wildman–Crippen MR) is 121 cm³/mol. The highest BCUT2D eigenvalue weighted by Crippen LogP contribution is 2.24. The van der Waals surface area contributed by atoms with E-state index in [9.17, 15) is 4.79 Å². The third kappa shape index (κ3) is 4.86. The van der Waals surface area contributed by atoms with Gasteiger partial charge >= 0.3 is 0 Å². The van der Waals surface area contributed by atoms with Crippen molar-refractivity contribution in [3.63, 3.8) is 0 Å². The fraction of sp³-hybridized carbons (Fsp3) is 0.364. The maximum atomic E-state index is 13.0. The number of carbonyl (C=O) groups is 1. The van der Waals surface area contributed by atoms with Crippen molar-refractivity contribution >= 4 is 28.8 Å². The molecule has 0 radical (unpaired) electrons. The normalized spacial score (nSPS) is 14.8. The standard InChI is InChI=1S/C22H25ClN4O2S/c1-16-24-20(15-30-16)17-13-21(25(2)14-17)22(28)27-9-7-26(8-10-27)11-12-29-19-5-3-18(23)4-6-19/h3-6,13-15H,7-12H2,1-2H3. The molecule has 2 aromatic heterocycles. The van der Waals surface area contributed by atoms with E-state index in [1.807, 2.05) is 65.3 Å². The molecule has 8 heteroatoms. The summed E-state index contributed by atoms with van der Waals surface area (Å²) in [6.45, 7) is 6.57. The zero-order valence-electron chi connectivity index (χ0n) is 17.2. The van der Waals surface area contributed by atoms with Gasteiger partial charge in [-0.3, -0.25) is 9.69 Å². The molecule has 3 heterocycles. The molecule has 3 aromatic rings. The maximum Gasteiger partial charge on any atom is 0.270 e. The Morgan fingerprint density at radius 1 is 1.20 bits per heavy atom. The van der Waals surface area contributed by atoms with E-state index in [1.54, 1.807) is 11.3 Å². The second-order valence-corrected chi connectivity index (χ2v) is 8.91. The quantitative estimate of drug-likeness (QED) is 0.577. The van der Waals surface area contributed by atoms with Crippen LogP contribution in [-0.4, -0.2) is 64.6 Å². The summed E-state index contributed by atoms with van der Waals surface area (Å²) in [5.41, 5.74) is 2.62. The van der Waals surface area contributed by atoms with Crippen LogP contribution in [0.4, 0.5) is 0 Å². The predicted octanol–water partition coefficient (Wildman–Crippen LogP) is 3.95. The van der Waals surface area contributed by atoms with Gasteiger partial charge < -0.3 is 14.2 Å². The van der Waals surface area contributed by atoms with Crippen LogP contribution in [0.2, 0.25) is 5.02 Å². The van der Waals surface area contributed by atoms with Crippen molar-refractivity contribution in [3.05, 3.63) is 57.6 Å². The largest absolute Gasteiger partial charge is 0.492 e. The van der Waals surface area contributed by atoms with Gasteiger partial charge in [0.2, 0.25) is 0 Å². The topological polar surface area (TPSA) is 50.6 Å². The van der Waals surface area contributed by atoms with Gasteiger partial charge in [-0.05, 0) is 37.3 Å². The van der Waals surface area contributed by atoms with Crippen LogP contribution in [0.1, 0.15) is 15.5 Å². The smallest absolute Gasteiger partial charge is 0.270 e. The molecular weight excluding hydrogens is 420 g/mol. The first-order chi connectivity index (χ1) is 14.5. The number of carbonyl (C=O) groups excluding carboxylic acids is 1. The van der Waals surface area contributed by atoms with E-state index in [1.165, 1.54) is 0 Å². The summed E-state index contributed by atoms with van der Waals surface area (Å²) in [4.78, 5) is 21.8. The van der Waals surface area contributed by atoms with E-state index < -0.39 is 0 Å². The lowest BCUT2D eigenvalue weighted by Crippen LogP contribution is -2.49. The van der Waals surface area contributed by atoms with Crippen molar-refractivity contribution in [2.75, 3.05) is 39.3 Å². The molecule has 0 unspecified atom stereocenters. The molecule has 4 rings (SSSR count). The van der Waals surface area contributed by atoms with Crippen molar-refractivity contribution in [2.45, 2.75) is 6.92 Å². The number of amides is 1. The highest BCUT2D eigenvalue weighted by Gasteiger charge is 2.24. The van der Waals surface area contributed by atoms with Crippen LogP contribution in [0.5, 0.6) is 5.75 Å². The summed E-state index contributed by atoms with van der Waals surface area (Å²) < 4.78 is 7.68. The van der Waals surface area contributed by atoms with Crippen LogP contribution in [-0.2, 0) is 7.05 Å². The molecule has 6 nitrogen and oxygen atoms in total. The van der Waals surface area contributed by atoms with Crippen molar-refractivity contribution in [2.24, 2.45) is 7.05 Å². The van der Waals surface area contributed by atoms with Crippen molar-refractivity contribution < 1.29 is 9.53 Å². The minimum atomic E-state index is 0.0766. The Hall–Kier alpha value is -2.35. The first-order valence-electron chi connectivity index (χ1n) is 9.98. The minimum absolute atomic E-state index is 0.0766. The first kappa shape index (κ1) is 20.9. The monoisotopic (exact) mass is 444 g/mol. The van der Waals surface area contributed by atoms with Crippen molar-refractivity contribution in [1.29, 1.82) is 0 Å². The van der Waals surface area contributed by atoms with Crippen molar-refractivity contribution in [3.8, 4) is 17.0 Å². The number of aromatic nitrogens is 2. The van der Waals surface area contributed by atoms with Gasteiger partial charge in [-0.1, -0.05) is 11.6 Å². The SMILES string of the molecule is Cc1nc(-c2cc(C(=O)N3CCN(CCOc4ccc(Cl)cc4)CC3)n(C)c2)cs1. The number of hydrogen-bond acceptors (Lipinski definition) is 5. The molecule has 0 spiro atoms. The first-order valence-corrected chi connectivity index (χ1v) is 11.2. The van der Waals surface area contributed by atoms with E-state index in [2.05, 4.69) is 9.88 Å². The van der Waals surface area contributed by atoms with Crippen LogP contribution in [0.25, 0.3) is 11.3 Å².